The molecule has 2 atom stereocenters. The number of hydrogen-bond acceptors (Lipinski definition) is 2. The lowest BCUT2D eigenvalue weighted by atomic mass is 9.81. The number of nitrogens with zero attached hydrogens (tertiary/aromatic N) is 1. The van der Waals surface area contributed by atoms with Crippen molar-refractivity contribution in [2.24, 2.45) is 17.3 Å². The van der Waals surface area contributed by atoms with Gasteiger partial charge in [-0.05, 0) is 37.5 Å². The molecule has 3 aliphatic rings. The predicted molar refractivity (Wildman–Crippen MR) is 74.3 cm³/mol. The standard InChI is InChI=1S/C15H24N2O3/c18-13(19)15-7-3-6-12(15)9-17(10-15)14(20)16-8-11-4-1-2-5-11/h11-12H,1-10H2,(H,16,20)(H,18,19)/t12-,15+/m0/s1. The summed E-state index contributed by atoms with van der Waals surface area (Å²) in [5.41, 5.74) is -0.662. The molecule has 0 aromatic heterocycles. The van der Waals surface area contributed by atoms with Crippen LogP contribution >= 0.6 is 0 Å². The fourth-order valence-electron chi connectivity index (χ4n) is 4.35. The average molecular weight is 280 g/mol. The Morgan fingerprint density at radius 3 is 2.60 bits per heavy atom. The molecule has 1 heterocycles. The smallest absolute Gasteiger partial charge is 0.317 e. The molecule has 3 fully saturated rings. The van der Waals surface area contributed by atoms with E-state index in [1.807, 2.05) is 0 Å². The third kappa shape index (κ3) is 2.27. The average Bonchev–Trinajstić information content (AvgIpc) is 3.10. The number of carboxylic acid groups (broad SMARTS) is 1. The Kier molecular flexibility index (Phi) is 3.61. The summed E-state index contributed by atoms with van der Waals surface area (Å²) in [6.45, 7) is 1.76. The number of fused-ring (bicyclic) bond motifs is 1. The second-order valence-corrected chi connectivity index (χ2v) is 6.77. The lowest BCUT2D eigenvalue weighted by molar-refractivity contribution is -0.149. The molecule has 2 aliphatic carbocycles. The van der Waals surface area contributed by atoms with Crippen molar-refractivity contribution in [3.63, 3.8) is 0 Å². The Morgan fingerprint density at radius 2 is 1.95 bits per heavy atom. The van der Waals surface area contributed by atoms with E-state index in [9.17, 15) is 14.7 Å². The van der Waals surface area contributed by atoms with Gasteiger partial charge in [-0.2, -0.15) is 0 Å². The molecule has 0 bridgehead atoms. The van der Waals surface area contributed by atoms with Crippen molar-refractivity contribution in [1.82, 2.24) is 10.2 Å². The Labute approximate surface area is 119 Å². The van der Waals surface area contributed by atoms with Crippen LogP contribution in [0.5, 0.6) is 0 Å². The van der Waals surface area contributed by atoms with Gasteiger partial charge in [-0.15, -0.1) is 0 Å². The van der Waals surface area contributed by atoms with Crippen molar-refractivity contribution in [2.75, 3.05) is 19.6 Å². The maximum absolute atomic E-state index is 12.2. The van der Waals surface area contributed by atoms with Gasteiger partial charge in [0.25, 0.3) is 0 Å². The van der Waals surface area contributed by atoms with Gasteiger partial charge in [0.15, 0.2) is 0 Å². The zero-order valence-corrected chi connectivity index (χ0v) is 11.9. The van der Waals surface area contributed by atoms with Crippen LogP contribution in [0.2, 0.25) is 0 Å². The minimum Gasteiger partial charge on any atom is -0.481 e. The normalized spacial score (nSPS) is 33.4. The van der Waals surface area contributed by atoms with Crippen LogP contribution in [0.3, 0.4) is 0 Å². The monoisotopic (exact) mass is 280 g/mol. The molecule has 1 aliphatic heterocycles. The summed E-state index contributed by atoms with van der Waals surface area (Å²) in [6.07, 6.45) is 7.61. The first-order chi connectivity index (χ1) is 9.62. The highest BCUT2D eigenvalue weighted by Crippen LogP contribution is 2.48. The van der Waals surface area contributed by atoms with E-state index in [1.54, 1.807) is 4.90 Å². The molecular weight excluding hydrogens is 256 g/mol. The number of rotatable bonds is 3. The van der Waals surface area contributed by atoms with E-state index in [-0.39, 0.29) is 11.9 Å². The van der Waals surface area contributed by atoms with Crippen molar-refractivity contribution in [2.45, 2.75) is 44.9 Å². The number of urea groups is 1. The van der Waals surface area contributed by atoms with E-state index < -0.39 is 11.4 Å². The molecule has 0 aromatic carbocycles. The van der Waals surface area contributed by atoms with Gasteiger partial charge < -0.3 is 15.3 Å². The minimum absolute atomic E-state index is 0.0630. The van der Waals surface area contributed by atoms with Crippen molar-refractivity contribution in [3.05, 3.63) is 0 Å². The molecular formula is C15H24N2O3. The van der Waals surface area contributed by atoms with Gasteiger partial charge in [-0.3, -0.25) is 4.79 Å². The van der Waals surface area contributed by atoms with E-state index in [2.05, 4.69) is 5.32 Å². The summed E-state index contributed by atoms with van der Waals surface area (Å²) in [5, 5.41) is 12.5. The molecule has 0 aromatic rings. The maximum atomic E-state index is 12.2. The molecule has 2 N–H and O–H groups in total. The highest BCUT2D eigenvalue weighted by molar-refractivity contribution is 5.80. The van der Waals surface area contributed by atoms with E-state index in [4.69, 9.17) is 0 Å². The molecule has 5 nitrogen and oxygen atoms in total. The fraction of sp³-hybridized carbons (Fsp3) is 0.867. The third-order valence-corrected chi connectivity index (χ3v) is 5.60. The number of likely N-dealkylation sites (tertiary alicyclic amines) is 1. The molecule has 2 amide bonds. The number of carbonyl (C=O) groups excluding carboxylic acids is 1. The molecule has 1 saturated heterocycles. The van der Waals surface area contributed by atoms with Gasteiger partial charge in [-0.1, -0.05) is 19.3 Å². The van der Waals surface area contributed by atoms with E-state index in [0.29, 0.717) is 19.0 Å². The molecule has 20 heavy (non-hydrogen) atoms. The molecule has 2 saturated carbocycles. The Morgan fingerprint density at radius 1 is 1.20 bits per heavy atom. The van der Waals surface area contributed by atoms with E-state index >= 15 is 0 Å². The minimum atomic E-state index is -0.717. The summed E-state index contributed by atoms with van der Waals surface area (Å²) in [5.74, 6) is 0.0535. The summed E-state index contributed by atoms with van der Waals surface area (Å²) in [4.78, 5) is 25.5. The largest absolute Gasteiger partial charge is 0.481 e. The predicted octanol–water partition coefficient (Wildman–Crippen LogP) is 2.07. The SMILES string of the molecule is O=C(NCC1CCCC1)N1C[C@@H]2CCC[C@@]2(C(=O)O)C1. The Bertz CT molecular complexity index is 406. The van der Waals surface area contributed by atoms with Crippen LogP contribution in [0.4, 0.5) is 4.79 Å². The van der Waals surface area contributed by atoms with Crippen molar-refractivity contribution in [1.29, 1.82) is 0 Å². The highest BCUT2D eigenvalue weighted by atomic mass is 16.4. The Balaban J connectivity index is 1.56. The van der Waals surface area contributed by atoms with Crippen LogP contribution in [-0.4, -0.2) is 41.6 Å². The molecule has 112 valence electrons. The summed E-state index contributed by atoms with van der Waals surface area (Å²) >= 11 is 0. The van der Waals surface area contributed by atoms with Gasteiger partial charge in [0.1, 0.15) is 0 Å². The Hall–Kier alpha value is -1.26. The van der Waals surface area contributed by atoms with Crippen LogP contribution in [0, 0.1) is 17.3 Å². The second-order valence-electron chi connectivity index (χ2n) is 6.77. The number of carboxylic acids is 1. The van der Waals surface area contributed by atoms with Crippen LogP contribution in [0.1, 0.15) is 44.9 Å². The highest BCUT2D eigenvalue weighted by Gasteiger charge is 2.55. The summed E-state index contributed by atoms with van der Waals surface area (Å²) < 4.78 is 0. The topological polar surface area (TPSA) is 69.6 Å². The van der Waals surface area contributed by atoms with E-state index in [1.165, 1.54) is 25.7 Å². The van der Waals surface area contributed by atoms with Crippen LogP contribution in [-0.2, 0) is 4.79 Å². The number of hydrogen-bond donors (Lipinski definition) is 2. The first kappa shape index (κ1) is 13.7. The van der Waals surface area contributed by atoms with Crippen molar-refractivity contribution >= 4 is 12.0 Å². The molecule has 5 heteroatoms. The van der Waals surface area contributed by atoms with Crippen LogP contribution in [0.15, 0.2) is 0 Å². The number of aliphatic carboxylic acids is 1. The van der Waals surface area contributed by atoms with Crippen molar-refractivity contribution in [3.8, 4) is 0 Å². The van der Waals surface area contributed by atoms with Crippen LogP contribution in [0.25, 0.3) is 0 Å². The number of amides is 2. The fourth-order valence-corrected chi connectivity index (χ4v) is 4.35. The molecule has 0 spiro atoms. The lowest BCUT2D eigenvalue weighted by Crippen LogP contribution is -2.42. The quantitative estimate of drug-likeness (QED) is 0.831. The van der Waals surface area contributed by atoms with Gasteiger partial charge in [-0.25, -0.2) is 4.79 Å². The van der Waals surface area contributed by atoms with Gasteiger partial charge >= 0.3 is 12.0 Å². The van der Waals surface area contributed by atoms with Gasteiger partial charge in [0.2, 0.25) is 0 Å². The molecule has 3 rings (SSSR count). The van der Waals surface area contributed by atoms with Crippen molar-refractivity contribution < 1.29 is 14.7 Å². The lowest BCUT2D eigenvalue weighted by Gasteiger charge is -2.23. The molecule has 0 radical (unpaired) electrons. The zero-order valence-electron chi connectivity index (χ0n) is 11.9. The van der Waals surface area contributed by atoms with Gasteiger partial charge in [0, 0.05) is 19.6 Å². The third-order valence-electron chi connectivity index (χ3n) is 5.60. The summed E-state index contributed by atoms with van der Waals surface area (Å²) in [6, 6.07) is -0.0630. The number of carbonyl (C=O) groups is 2. The van der Waals surface area contributed by atoms with Gasteiger partial charge in [0.05, 0.1) is 5.41 Å². The number of nitrogens with one attached hydrogen (secondary N) is 1. The van der Waals surface area contributed by atoms with Crippen LogP contribution < -0.4 is 5.32 Å². The first-order valence-electron chi connectivity index (χ1n) is 7.88. The maximum Gasteiger partial charge on any atom is 0.317 e. The second kappa shape index (κ2) is 5.26. The van der Waals surface area contributed by atoms with E-state index in [0.717, 1.165) is 25.8 Å². The zero-order chi connectivity index (χ0) is 14.2. The summed E-state index contributed by atoms with van der Waals surface area (Å²) in [7, 11) is 0. The first-order valence-corrected chi connectivity index (χ1v) is 7.88. The molecule has 0 unspecified atom stereocenters.